The molecule has 2 heterocycles. The van der Waals surface area contributed by atoms with Crippen LogP contribution in [0.15, 0.2) is 42.5 Å². The number of rotatable bonds is 3. The van der Waals surface area contributed by atoms with Gasteiger partial charge in [0.15, 0.2) is 11.6 Å². The first-order valence-corrected chi connectivity index (χ1v) is 8.87. The normalized spacial score (nSPS) is 15.9. The van der Waals surface area contributed by atoms with Gasteiger partial charge in [-0.15, -0.1) is 0 Å². The van der Waals surface area contributed by atoms with Crippen LogP contribution in [0.5, 0.6) is 0 Å². The molecule has 1 aliphatic heterocycles. The lowest BCUT2D eigenvalue weighted by Gasteiger charge is -2.23. The third-order valence-corrected chi connectivity index (χ3v) is 4.94. The molecule has 28 heavy (non-hydrogen) atoms. The number of amides is 1. The number of hydrogen-bond donors (Lipinski definition) is 1. The number of aryl methyl sites for hydroxylation is 1. The van der Waals surface area contributed by atoms with Crippen LogP contribution in [-0.4, -0.2) is 21.5 Å². The second-order valence-electron chi connectivity index (χ2n) is 6.53. The van der Waals surface area contributed by atoms with Crippen LogP contribution in [0.4, 0.5) is 14.6 Å². The average Bonchev–Trinajstić information content (AvgIpc) is 2.97. The van der Waals surface area contributed by atoms with Gasteiger partial charge in [-0.3, -0.25) is 9.59 Å². The molecule has 8 heteroatoms. The summed E-state index contributed by atoms with van der Waals surface area (Å²) in [6, 6.07) is 9.45. The summed E-state index contributed by atoms with van der Waals surface area (Å²) in [5, 5.41) is 7.45. The highest BCUT2D eigenvalue weighted by molar-refractivity contribution is 6.30. The van der Waals surface area contributed by atoms with Crippen LogP contribution in [0, 0.1) is 18.6 Å². The lowest BCUT2D eigenvalue weighted by atomic mass is 9.85. The van der Waals surface area contributed by atoms with Crippen molar-refractivity contribution in [3.63, 3.8) is 0 Å². The molecule has 5 nitrogen and oxygen atoms in total. The van der Waals surface area contributed by atoms with E-state index in [2.05, 4.69) is 10.4 Å². The fourth-order valence-electron chi connectivity index (χ4n) is 3.41. The highest BCUT2D eigenvalue weighted by atomic mass is 35.5. The second kappa shape index (κ2) is 6.83. The van der Waals surface area contributed by atoms with Crippen molar-refractivity contribution in [3.05, 3.63) is 75.9 Å². The number of nitrogens with zero attached hydrogens (tertiary/aromatic N) is 2. The monoisotopic (exact) mass is 401 g/mol. The Morgan fingerprint density at radius 1 is 1.21 bits per heavy atom. The summed E-state index contributed by atoms with van der Waals surface area (Å²) < 4.78 is 28.7. The molecule has 1 N–H and O–H groups in total. The van der Waals surface area contributed by atoms with Crippen molar-refractivity contribution in [1.29, 1.82) is 0 Å². The van der Waals surface area contributed by atoms with Crippen LogP contribution in [0.3, 0.4) is 0 Å². The van der Waals surface area contributed by atoms with Gasteiger partial charge >= 0.3 is 0 Å². The number of fused-ring (bicyclic) bond motifs is 1. The Morgan fingerprint density at radius 2 is 1.93 bits per heavy atom. The average molecular weight is 402 g/mol. The van der Waals surface area contributed by atoms with Gasteiger partial charge < -0.3 is 5.32 Å². The lowest BCUT2D eigenvalue weighted by Crippen LogP contribution is -2.28. The van der Waals surface area contributed by atoms with Crippen molar-refractivity contribution >= 4 is 29.1 Å². The van der Waals surface area contributed by atoms with Gasteiger partial charge in [0.1, 0.15) is 17.3 Å². The van der Waals surface area contributed by atoms with E-state index in [0.29, 0.717) is 21.8 Å². The summed E-state index contributed by atoms with van der Waals surface area (Å²) in [5.41, 5.74) is 1.38. The maximum absolute atomic E-state index is 14.3. The van der Waals surface area contributed by atoms with Gasteiger partial charge in [0.05, 0.1) is 11.6 Å². The first kappa shape index (κ1) is 18.3. The van der Waals surface area contributed by atoms with Crippen molar-refractivity contribution in [2.45, 2.75) is 19.3 Å². The number of Topliss-reactive ketones (excluding diaryl/α,β-unsaturated/α-hetero) is 1. The second-order valence-corrected chi connectivity index (χ2v) is 6.97. The summed E-state index contributed by atoms with van der Waals surface area (Å²) in [6.45, 7) is 1.68. The molecule has 1 atom stereocenters. The van der Waals surface area contributed by atoms with Crippen LogP contribution in [0.2, 0.25) is 5.02 Å². The minimum atomic E-state index is -0.828. The Bertz CT molecular complexity index is 1110. The van der Waals surface area contributed by atoms with E-state index >= 15 is 0 Å². The van der Waals surface area contributed by atoms with E-state index in [-0.39, 0.29) is 29.6 Å². The van der Waals surface area contributed by atoms with Gasteiger partial charge in [-0.25, -0.2) is 13.5 Å². The molecule has 0 bridgehead atoms. The topological polar surface area (TPSA) is 64.0 Å². The molecule has 0 unspecified atom stereocenters. The fourth-order valence-corrected chi connectivity index (χ4v) is 3.54. The SMILES string of the molecule is Cc1nn(-c2ccc(F)cc2F)c2c1[C@@H](C(=O)c1ccc(Cl)cc1)CC(=O)N2. The highest BCUT2D eigenvalue weighted by Crippen LogP contribution is 2.38. The fraction of sp³-hybridized carbons (Fsp3) is 0.150. The molecule has 0 saturated carbocycles. The van der Waals surface area contributed by atoms with Crippen molar-refractivity contribution in [2.75, 3.05) is 5.32 Å². The zero-order valence-corrected chi connectivity index (χ0v) is 15.4. The summed E-state index contributed by atoms with van der Waals surface area (Å²) >= 11 is 5.88. The summed E-state index contributed by atoms with van der Waals surface area (Å²) in [5.74, 6) is -2.74. The van der Waals surface area contributed by atoms with Crippen LogP contribution in [-0.2, 0) is 4.79 Å². The van der Waals surface area contributed by atoms with E-state index in [4.69, 9.17) is 11.6 Å². The van der Waals surface area contributed by atoms with Gasteiger partial charge in [-0.05, 0) is 43.3 Å². The van der Waals surface area contributed by atoms with Crippen molar-refractivity contribution in [2.24, 2.45) is 0 Å². The van der Waals surface area contributed by atoms with E-state index in [0.717, 1.165) is 12.1 Å². The number of anilines is 1. The highest BCUT2D eigenvalue weighted by Gasteiger charge is 2.36. The molecule has 3 aromatic rings. The predicted octanol–water partition coefficient (Wildman–Crippen LogP) is 4.42. The molecule has 0 spiro atoms. The Morgan fingerprint density at radius 3 is 2.61 bits per heavy atom. The van der Waals surface area contributed by atoms with Crippen LogP contribution >= 0.6 is 11.6 Å². The quantitative estimate of drug-likeness (QED) is 0.661. The number of carbonyl (C=O) groups excluding carboxylic acids is 2. The number of hydrogen-bond acceptors (Lipinski definition) is 3. The Labute approximate surface area is 163 Å². The van der Waals surface area contributed by atoms with E-state index in [1.807, 2.05) is 0 Å². The van der Waals surface area contributed by atoms with Gasteiger partial charge in [-0.2, -0.15) is 5.10 Å². The molecule has 0 radical (unpaired) electrons. The zero-order chi connectivity index (χ0) is 20.0. The minimum Gasteiger partial charge on any atom is -0.310 e. The largest absolute Gasteiger partial charge is 0.310 e. The lowest BCUT2D eigenvalue weighted by molar-refractivity contribution is -0.116. The van der Waals surface area contributed by atoms with Crippen molar-refractivity contribution in [1.82, 2.24) is 9.78 Å². The van der Waals surface area contributed by atoms with Crippen LogP contribution in [0.1, 0.15) is 34.0 Å². The van der Waals surface area contributed by atoms with E-state index < -0.39 is 17.6 Å². The van der Waals surface area contributed by atoms with Gasteiger partial charge in [0.25, 0.3) is 0 Å². The Hall–Kier alpha value is -3.06. The number of benzene rings is 2. The maximum Gasteiger partial charge on any atom is 0.226 e. The summed E-state index contributed by atoms with van der Waals surface area (Å²) in [4.78, 5) is 25.3. The van der Waals surface area contributed by atoms with Crippen molar-refractivity contribution < 1.29 is 18.4 Å². The number of aromatic nitrogens is 2. The van der Waals surface area contributed by atoms with Gasteiger partial charge in [0.2, 0.25) is 5.91 Å². The summed E-state index contributed by atoms with van der Waals surface area (Å²) in [7, 11) is 0. The standard InChI is InChI=1S/C20H14ClF2N3O2/c1-10-18-14(19(28)11-2-4-12(21)5-3-11)9-17(27)24-20(18)26(25-10)16-7-6-13(22)8-15(16)23/h2-8,14H,9H2,1H3,(H,24,27)/t14-/m0/s1. The van der Waals surface area contributed by atoms with Crippen LogP contribution < -0.4 is 5.32 Å². The third kappa shape index (κ3) is 3.07. The zero-order valence-electron chi connectivity index (χ0n) is 14.7. The molecular weight excluding hydrogens is 388 g/mol. The number of carbonyl (C=O) groups is 2. The van der Waals surface area contributed by atoms with Gasteiger partial charge in [0, 0.05) is 28.6 Å². The summed E-state index contributed by atoms with van der Waals surface area (Å²) in [6.07, 6.45) is -0.0487. The molecule has 0 fully saturated rings. The first-order chi connectivity index (χ1) is 13.3. The third-order valence-electron chi connectivity index (χ3n) is 4.69. The Kier molecular flexibility index (Phi) is 4.47. The number of ketones is 1. The Balaban J connectivity index is 1.83. The van der Waals surface area contributed by atoms with Crippen LogP contribution in [0.25, 0.3) is 5.69 Å². The molecule has 2 aromatic carbocycles. The first-order valence-electron chi connectivity index (χ1n) is 8.49. The van der Waals surface area contributed by atoms with E-state index in [1.54, 1.807) is 31.2 Å². The molecule has 1 aliphatic rings. The molecule has 4 rings (SSSR count). The molecule has 0 aliphatic carbocycles. The molecule has 0 saturated heterocycles. The smallest absolute Gasteiger partial charge is 0.226 e. The molecule has 1 aromatic heterocycles. The molecule has 1 amide bonds. The van der Waals surface area contributed by atoms with Gasteiger partial charge in [-0.1, -0.05) is 11.6 Å². The maximum atomic E-state index is 14.3. The molecular formula is C20H14ClF2N3O2. The number of nitrogens with one attached hydrogen (secondary N) is 1. The minimum absolute atomic E-state index is 0.0226. The molecule has 142 valence electrons. The predicted molar refractivity (Wildman–Crippen MR) is 100.0 cm³/mol. The number of halogens is 3. The van der Waals surface area contributed by atoms with Crippen molar-refractivity contribution in [3.8, 4) is 5.69 Å². The van der Waals surface area contributed by atoms with E-state index in [9.17, 15) is 18.4 Å². The van der Waals surface area contributed by atoms with E-state index in [1.165, 1.54) is 10.7 Å².